The summed E-state index contributed by atoms with van der Waals surface area (Å²) in [5.41, 5.74) is 0.837. The second-order valence-electron chi connectivity index (χ2n) is 9.56. The summed E-state index contributed by atoms with van der Waals surface area (Å²) in [6.07, 6.45) is 12.1. The van der Waals surface area contributed by atoms with E-state index in [1.54, 1.807) is 6.07 Å². The molecule has 0 spiro atoms. The molecule has 4 heteroatoms. The summed E-state index contributed by atoms with van der Waals surface area (Å²) in [5, 5.41) is 1.61. The predicted octanol–water partition coefficient (Wildman–Crippen LogP) is 8.98. The van der Waals surface area contributed by atoms with Crippen LogP contribution in [0, 0.1) is 23.5 Å². The van der Waals surface area contributed by atoms with Gasteiger partial charge in [-0.15, -0.1) is 11.3 Å². The number of fused-ring (bicyclic) bond motifs is 3. The Kier molecular flexibility index (Phi) is 6.19. The van der Waals surface area contributed by atoms with E-state index in [0.29, 0.717) is 21.9 Å². The highest BCUT2D eigenvalue weighted by Gasteiger charge is 2.31. The molecule has 0 aliphatic heterocycles. The highest BCUT2D eigenvalue weighted by atomic mass is 32.1. The maximum Gasteiger partial charge on any atom is 0.182 e. The standard InChI is InChI=1S/C27H32F2OS/c1-2-3-16-30-23-15-14-22-21-13-12-20(24(28)26(21)31-27(22)25(23)29)19-10-8-18(9-11-19)17-6-4-5-7-17/h12-15,17-19H,2-11,16H2,1H3. The van der Waals surface area contributed by atoms with Crippen LogP contribution in [0.5, 0.6) is 5.75 Å². The number of unbranched alkanes of at least 4 members (excludes halogenated alkanes) is 1. The summed E-state index contributed by atoms with van der Waals surface area (Å²) in [7, 11) is 0. The first-order valence-electron chi connectivity index (χ1n) is 12.1. The molecule has 2 aromatic carbocycles. The molecule has 2 aliphatic rings. The van der Waals surface area contributed by atoms with Crippen LogP contribution < -0.4 is 4.74 Å². The molecular weight excluding hydrogens is 410 g/mol. The van der Waals surface area contributed by atoms with Gasteiger partial charge in [-0.1, -0.05) is 51.2 Å². The van der Waals surface area contributed by atoms with Crippen molar-refractivity contribution in [3.8, 4) is 5.75 Å². The molecule has 0 amide bonds. The van der Waals surface area contributed by atoms with Crippen LogP contribution in [-0.4, -0.2) is 6.61 Å². The average Bonchev–Trinajstić information content (AvgIpc) is 3.45. The molecule has 0 radical (unpaired) electrons. The van der Waals surface area contributed by atoms with E-state index >= 15 is 8.78 Å². The van der Waals surface area contributed by atoms with Crippen molar-refractivity contribution in [3.05, 3.63) is 41.5 Å². The zero-order valence-electron chi connectivity index (χ0n) is 18.4. The molecule has 2 aliphatic carbocycles. The van der Waals surface area contributed by atoms with Crippen LogP contribution in [-0.2, 0) is 0 Å². The van der Waals surface area contributed by atoms with Gasteiger partial charge in [-0.05, 0) is 67.6 Å². The average molecular weight is 443 g/mol. The van der Waals surface area contributed by atoms with Crippen molar-refractivity contribution < 1.29 is 13.5 Å². The van der Waals surface area contributed by atoms with Crippen molar-refractivity contribution in [2.75, 3.05) is 6.61 Å². The van der Waals surface area contributed by atoms with E-state index in [9.17, 15) is 0 Å². The Balaban J connectivity index is 1.41. The fraction of sp³-hybridized carbons (Fsp3) is 0.556. The van der Waals surface area contributed by atoms with E-state index in [1.807, 2.05) is 18.2 Å². The van der Waals surface area contributed by atoms with E-state index in [4.69, 9.17) is 4.74 Å². The fourth-order valence-electron chi connectivity index (χ4n) is 5.92. The fourth-order valence-corrected chi connectivity index (χ4v) is 7.10. The Morgan fingerprint density at radius 1 is 0.839 bits per heavy atom. The Labute approximate surface area is 187 Å². The van der Waals surface area contributed by atoms with Gasteiger partial charge in [0.2, 0.25) is 0 Å². The first-order valence-corrected chi connectivity index (χ1v) is 12.9. The summed E-state index contributed by atoms with van der Waals surface area (Å²) >= 11 is 1.24. The van der Waals surface area contributed by atoms with Crippen LogP contribution in [0.1, 0.15) is 82.6 Å². The van der Waals surface area contributed by atoms with Crippen LogP contribution in [0.4, 0.5) is 8.78 Å². The lowest BCUT2D eigenvalue weighted by atomic mass is 9.73. The third-order valence-corrected chi connectivity index (χ3v) is 8.92. The molecule has 31 heavy (non-hydrogen) atoms. The minimum absolute atomic E-state index is 0.129. The zero-order valence-corrected chi connectivity index (χ0v) is 19.2. The second kappa shape index (κ2) is 9.05. The SMILES string of the molecule is CCCCOc1ccc2c(sc3c(F)c(C4CCC(C5CCCC5)CC4)ccc32)c1F. The number of benzene rings is 2. The molecule has 1 aromatic heterocycles. The molecule has 0 saturated heterocycles. The van der Waals surface area contributed by atoms with Crippen LogP contribution >= 0.6 is 11.3 Å². The smallest absolute Gasteiger partial charge is 0.182 e. The molecule has 2 saturated carbocycles. The predicted molar refractivity (Wildman–Crippen MR) is 126 cm³/mol. The van der Waals surface area contributed by atoms with Gasteiger partial charge >= 0.3 is 0 Å². The van der Waals surface area contributed by atoms with Crippen molar-refractivity contribution in [1.29, 1.82) is 0 Å². The molecule has 1 heterocycles. The Hall–Kier alpha value is -1.68. The zero-order chi connectivity index (χ0) is 21.4. The number of ether oxygens (including phenoxy) is 1. The summed E-state index contributed by atoms with van der Waals surface area (Å²) in [5.74, 6) is 1.84. The Bertz CT molecular complexity index is 1060. The molecule has 5 rings (SSSR count). The minimum atomic E-state index is -0.354. The Morgan fingerprint density at radius 3 is 2.19 bits per heavy atom. The molecule has 1 nitrogen and oxygen atoms in total. The van der Waals surface area contributed by atoms with Gasteiger partial charge in [0.25, 0.3) is 0 Å². The number of thiophene rings is 1. The quantitative estimate of drug-likeness (QED) is 0.346. The van der Waals surface area contributed by atoms with Crippen molar-refractivity contribution >= 4 is 31.5 Å². The van der Waals surface area contributed by atoms with Crippen molar-refractivity contribution in [1.82, 2.24) is 0 Å². The minimum Gasteiger partial charge on any atom is -0.490 e. The lowest BCUT2D eigenvalue weighted by Crippen LogP contribution is -2.19. The van der Waals surface area contributed by atoms with Crippen LogP contribution in [0.2, 0.25) is 0 Å². The first kappa shape index (κ1) is 21.2. The van der Waals surface area contributed by atoms with E-state index < -0.39 is 0 Å². The lowest BCUT2D eigenvalue weighted by Gasteiger charge is -2.32. The largest absolute Gasteiger partial charge is 0.490 e. The van der Waals surface area contributed by atoms with Gasteiger partial charge in [-0.25, -0.2) is 8.78 Å². The van der Waals surface area contributed by atoms with Gasteiger partial charge in [-0.2, -0.15) is 0 Å². The maximum atomic E-state index is 15.6. The van der Waals surface area contributed by atoms with E-state index in [2.05, 4.69) is 6.92 Å². The number of hydrogen-bond acceptors (Lipinski definition) is 2. The summed E-state index contributed by atoms with van der Waals surface area (Å²) in [6, 6.07) is 7.54. The highest BCUT2D eigenvalue weighted by Crippen LogP contribution is 2.46. The molecule has 0 atom stereocenters. The monoisotopic (exact) mass is 442 g/mol. The highest BCUT2D eigenvalue weighted by molar-refractivity contribution is 7.25. The topological polar surface area (TPSA) is 9.23 Å². The summed E-state index contributed by atoms with van der Waals surface area (Å²) in [4.78, 5) is 0. The van der Waals surface area contributed by atoms with Gasteiger partial charge in [0, 0.05) is 10.8 Å². The van der Waals surface area contributed by atoms with Gasteiger partial charge in [0.15, 0.2) is 11.6 Å². The van der Waals surface area contributed by atoms with E-state index in [0.717, 1.165) is 53.9 Å². The van der Waals surface area contributed by atoms with Crippen LogP contribution in [0.3, 0.4) is 0 Å². The third kappa shape index (κ3) is 3.97. The molecule has 2 fully saturated rings. The summed E-state index contributed by atoms with van der Waals surface area (Å²) in [6.45, 7) is 2.59. The van der Waals surface area contributed by atoms with Gasteiger partial charge < -0.3 is 4.74 Å². The Morgan fingerprint density at radius 2 is 1.48 bits per heavy atom. The maximum absolute atomic E-state index is 15.6. The third-order valence-electron chi connectivity index (χ3n) is 7.72. The summed E-state index contributed by atoms with van der Waals surface area (Å²) < 4.78 is 37.4. The molecule has 166 valence electrons. The van der Waals surface area contributed by atoms with Crippen molar-refractivity contribution in [2.24, 2.45) is 11.8 Å². The molecular formula is C27H32F2OS. The van der Waals surface area contributed by atoms with Crippen molar-refractivity contribution in [2.45, 2.75) is 77.0 Å². The first-order chi connectivity index (χ1) is 15.2. The van der Waals surface area contributed by atoms with Gasteiger partial charge in [0.1, 0.15) is 5.82 Å². The molecule has 3 aromatic rings. The van der Waals surface area contributed by atoms with Crippen molar-refractivity contribution in [3.63, 3.8) is 0 Å². The number of rotatable bonds is 6. The lowest BCUT2D eigenvalue weighted by molar-refractivity contribution is 0.233. The van der Waals surface area contributed by atoms with Crippen LogP contribution in [0.15, 0.2) is 24.3 Å². The van der Waals surface area contributed by atoms with E-state index in [-0.39, 0.29) is 17.4 Å². The van der Waals surface area contributed by atoms with Gasteiger partial charge in [-0.3, -0.25) is 0 Å². The normalized spacial score (nSPS) is 22.5. The van der Waals surface area contributed by atoms with Crippen LogP contribution in [0.25, 0.3) is 20.2 Å². The molecule has 0 N–H and O–H groups in total. The molecule has 0 unspecified atom stereocenters. The van der Waals surface area contributed by atoms with E-state index in [1.165, 1.54) is 49.9 Å². The number of hydrogen-bond donors (Lipinski definition) is 0. The second-order valence-corrected chi connectivity index (χ2v) is 10.6. The van der Waals surface area contributed by atoms with Gasteiger partial charge in [0.05, 0.1) is 16.0 Å². The number of halogens is 2. The molecule has 0 bridgehead atoms.